The van der Waals surface area contributed by atoms with Crippen LogP contribution in [0.5, 0.6) is 0 Å². The Labute approximate surface area is 218 Å². The molecule has 0 aliphatic heterocycles. The van der Waals surface area contributed by atoms with Crippen LogP contribution in [0.3, 0.4) is 0 Å². The normalized spacial score (nSPS) is 13.8. The van der Waals surface area contributed by atoms with Gasteiger partial charge in [-0.2, -0.15) is 18.3 Å². The Balaban J connectivity index is 1.30. The molecule has 0 N–H and O–H groups in total. The average molecular weight is 517 g/mol. The molecule has 6 rings (SSSR count). The number of fused-ring (bicyclic) bond motifs is 1. The first kappa shape index (κ1) is 24.2. The highest BCUT2D eigenvalue weighted by Gasteiger charge is 2.34. The van der Waals surface area contributed by atoms with E-state index in [0.29, 0.717) is 23.8 Å². The van der Waals surface area contributed by atoms with Crippen LogP contribution in [-0.4, -0.2) is 31.4 Å². The van der Waals surface area contributed by atoms with Crippen molar-refractivity contribution < 1.29 is 13.2 Å². The largest absolute Gasteiger partial charge is 0.435 e. The van der Waals surface area contributed by atoms with Crippen molar-refractivity contribution in [2.75, 3.05) is 11.9 Å². The van der Waals surface area contributed by atoms with E-state index in [1.807, 2.05) is 43.2 Å². The summed E-state index contributed by atoms with van der Waals surface area (Å²) in [6.45, 7) is 2.19. The molecule has 0 amide bonds. The van der Waals surface area contributed by atoms with Gasteiger partial charge in [0.2, 0.25) is 0 Å². The quantitative estimate of drug-likeness (QED) is 0.253. The summed E-state index contributed by atoms with van der Waals surface area (Å²) in [6, 6.07) is 19.0. The van der Waals surface area contributed by atoms with E-state index in [2.05, 4.69) is 39.2 Å². The number of aromatic nitrogens is 5. The fraction of sp³-hybridized carbons (Fsp3) is 0.276. The number of imidazole rings is 1. The Bertz CT molecular complexity index is 1630. The van der Waals surface area contributed by atoms with Gasteiger partial charge < -0.3 is 9.47 Å². The van der Waals surface area contributed by atoms with E-state index in [-0.39, 0.29) is 0 Å². The summed E-state index contributed by atoms with van der Waals surface area (Å²) in [6.07, 6.45) is -0.251. The number of nitrogens with zero attached hydrogens (tertiary/aromatic N) is 6. The van der Waals surface area contributed by atoms with Crippen LogP contribution in [0.1, 0.15) is 41.3 Å². The van der Waals surface area contributed by atoms with Crippen molar-refractivity contribution in [3.63, 3.8) is 0 Å². The van der Waals surface area contributed by atoms with Gasteiger partial charge in [0.05, 0.1) is 17.5 Å². The highest BCUT2D eigenvalue weighted by molar-refractivity contribution is 5.92. The second kappa shape index (κ2) is 9.01. The van der Waals surface area contributed by atoms with Gasteiger partial charge in [0, 0.05) is 38.0 Å². The minimum absolute atomic E-state index is 0.426. The van der Waals surface area contributed by atoms with Crippen LogP contribution in [0.2, 0.25) is 0 Å². The van der Waals surface area contributed by atoms with Crippen LogP contribution in [0.25, 0.3) is 28.0 Å². The molecule has 0 atom stereocenters. The van der Waals surface area contributed by atoms with Crippen molar-refractivity contribution in [1.29, 1.82) is 0 Å². The SMILES string of the molecule is Cc1cc(C(F)(F)F)nn1-c1ccc(CN(C)c2cc3c(ncn3C)c(-c3ccccc3C3CC3)n2)cc1. The van der Waals surface area contributed by atoms with E-state index < -0.39 is 11.9 Å². The molecule has 6 nitrogen and oxygen atoms in total. The maximum atomic E-state index is 13.1. The van der Waals surface area contributed by atoms with Crippen molar-refractivity contribution in [2.45, 2.75) is 38.4 Å². The number of rotatable bonds is 6. The van der Waals surface area contributed by atoms with Crippen molar-refractivity contribution in [3.8, 4) is 16.9 Å². The third-order valence-electron chi connectivity index (χ3n) is 7.10. The predicted molar refractivity (Wildman–Crippen MR) is 141 cm³/mol. The Morgan fingerprint density at radius 2 is 1.76 bits per heavy atom. The van der Waals surface area contributed by atoms with E-state index >= 15 is 0 Å². The minimum atomic E-state index is -4.47. The summed E-state index contributed by atoms with van der Waals surface area (Å²) in [5.74, 6) is 1.40. The molecule has 38 heavy (non-hydrogen) atoms. The molecule has 0 radical (unpaired) electrons. The van der Waals surface area contributed by atoms with Crippen LogP contribution < -0.4 is 4.90 Å². The molecule has 5 aromatic rings. The van der Waals surface area contributed by atoms with E-state index in [4.69, 9.17) is 4.98 Å². The highest BCUT2D eigenvalue weighted by atomic mass is 19.4. The minimum Gasteiger partial charge on any atom is -0.355 e. The smallest absolute Gasteiger partial charge is 0.355 e. The molecule has 0 unspecified atom stereocenters. The van der Waals surface area contributed by atoms with Crippen LogP contribution in [-0.2, 0) is 19.8 Å². The lowest BCUT2D eigenvalue weighted by Gasteiger charge is -2.20. The zero-order valence-corrected chi connectivity index (χ0v) is 21.4. The summed E-state index contributed by atoms with van der Waals surface area (Å²) in [4.78, 5) is 11.8. The van der Waals surface area contributed by atoms with Crippen LogP contribution in [0.15, 0.2) is 67.0 Å². The third-order valence-corrected chi connectivity index (χ3v) is 7.10. The third kappa shape index (κ3) is 4.42. The Kier molecular flexibility index (Phi) is 5.74. The Morgan fingerprint density at radius 1 is 1.03 bits per heavy atom. The number of anilines is 1. The molecule has 0 bridgehead atoms. The standard InChI is InChI=1S/C29H27F3N6/c1-18-14-25(29(30,31)32)35-38(18)21-12-8-19(9-13-21)16-36(2)26-15-24-28(33-17-37(24)3)27(34-26)23-7-5-4-6-22(23)20-10-11-20/h4-9,12-15,17,20H,10-11,16H2,1-3H3. The van der Waals surface area contributed by atoms with E-state index in [1.54, 1.807) is 19.1 Å². The van der Waals surface area contributed by atoms with Crippen molar-refractivity contribution in [3.05, 3.63) is 89.5 Å². The van der Waals surface area contributed by atoms with Crippen LogP contribution >= 0.6 is 0 Å². The van der Waals surface area contributed by atoms with Gasteiger partial charge in [-0.3, -0.25) is 0 Å². The molecule has 0 spiro atoms. The fourth-order valence-corrected chi connectivity index (χ4v) is 4.93. The van der Waals surface area contributed by atoms with Gasteiger partial charge in [-0.15, -0.1) is 0 Å². The van der Waals surface area contributed by atoms with Crippen molar-refractivity contribution in [2.24, 2.45) is 7.05 Å². The summed E-state index contributed by atoms with van der Waals surface area (Å²) in [7, 11) is 3.97. The number of hydrogen-bond acceptors (Lipinski definition) is 4. The van der Waals surface area contributed by atoms with Crippen LogP contribution in [0.4, 0.5) is 19.0 Å². The number of halogens is 3. The first-order valence-electron chi connectivity index (χ1n) is 12.5. The van der Waals surface area contributed by atoms with Gasteiger partial charge in [-0.25, -0.2) is 14.6 Å². The molecule has 1 aliphatic rings. The number of aryl methyl sites for hydroxylation is 2. The molecular formula is C29H27F3N6. The number of alkyl halides is 3. The molecule has 194 valence electrons. The molecule has 3 aromatic heterocycles. The van der Waals surface area contributed by atoms with Crippen molar-refractivity contribution in [1.82, 2.24) is 24.3 Å². The van der Waals surface area contributed by atoms with Gasteiger partial charge in [-0.1, -0.05) is 36.4 Å². The number of hydrogen-bond donors (Lipinski definition) is 0. The van der Waals surface area contributed by atoms with Gasteiger partial charge in [0.15, 0.2) is 5.69 Å². The molecule has 1 aliphatic carbocycles. The first-order chi connectivity index (χ1) is 18.2. The van der Waals surface area contributed by atoms with Gasteiger partial charge in [0.25, 0.3) is 0 Å². The second-order valence-electron chi connectivity index (χ2n) is 10.0. The second-order valence-corrected chi connectivity index (χ2v) is 10.0. The molecule has 0 saturated heterocycles. The molecule has 9 heteroatoms. The predicted octanol–water partition coefficient (Wildman–Crippen LogP) is 6.66. The van der Waals surface area contributed by atoms with E-state index in [9.17, 15) is 13.2 Å². The Hall–Kier alpha value is -4.14. The summed E-state index contributed by atoms with van der Waals surface area (Å²) in [5, 5.41) is 3.75. The lowest BCUT2D eigenvalue weighted by molar-refractivity contribution is -0.141. The lowest BCUT2D eigenvalue weighted by atomic mass is 9.99. The Morgan fingerprint density at radius 3 is 2.45 bits per heavy atom. The van der Waals surface area contributed by atoms with Crippen LogP contribution in [0, 0.1) is 6.92 Å². The van der Waals surface area contributed by atoms with Gasteiger partial charge in [0.1, 0.15) is 17.0 Å². The summed E-state index contributed by atoms with van der Waals surface area (Å²) < 4.78 is 42.6. The van der Waals surface area contributed by atoms with Gasteiger partial charge >= 0.3 is 6.18 Å². The zero-order chi connectivity index (χ0) is 26.6. The molecule has 2 aromatic carbocycles. The first-order valence-corrected chi connectivity index (χ1v) is 12.5. The molecule has 1 fully saturated rings. The molecule has 3 heterocycles. The van der Waals surface area contributed by atoms with E-state index in [1.165, 1.54) is 23.1 Å². The number of pyridine rings is 1. The topological polar surface area (TPSA) is 51.8 Å². The maximum Gasteiger partial charge on any atom is 0.435 e. The van der Waals surface area contributed by atoms with Gasteiger partial charge in [-0.05, 0) is 55.0 Å². The number of benzene rings is 2. The highest BCUT2D eigenvalue weighted by Crippen LogP contribution is 2.45. The summed E-state index contributed by atoms with van der Waals surface area (Å²) >= 11 is 0. The summed E-state index contributed by atoms with van der Waals surface area (Å²) in [5.41, 5.74) is 6.35. The molecular weight excluding hydrogens is 489 g/mol. The fourth-order valence-electron chi connectivity index (χ4n) is 4.93. The molecule has 1 saturated carbocycles. The monoisotopic (exact) mass is 516 g/mol. The average Bonchev–Trinajstić information content (AvgIpc) is 3.57. The lowest BCUT2D eigenvalue weighted by Crippen LogP contribution is -2.18. The zero-order valence-electron chi connectivity index (χ0n) is 21.4. The van der Waals surface area contributed by atoms with Crippen molar-refractivity contribution >= 4 is 16.9 Å². The van der Waals surface area contributed by atoms with E-state index in [0.717, 1.165) is 39.7 Å². The maximum absolute atomic E-state index is 13.1.